The van der Waals surface area contributed by atoms with Crippen LogP contribution in [-0.4, -0.2) is 23.9 Å². The summed E-state index contributed by atoms with van der Waals surface area (Å²) in [6.45, 7) is 4.37. The van der Waals surface area contributed by atoms with Crippen LogP contribution >= 0.6 is 0 Å². The van der Waals surface area contributed by atoms with Crippen LogP contribution < -0.4 is 0 Å². The molecule has 1 aliphatic rings. The number of hydrogen-bond acceptors (Lipinski definition) is 1. The number of amides is 1. The van der Waals surface area contributed by atoms with Gasteiger partial charge in [-0.1, -0.05) is 36.8 Å². The highest BCUT2D eigenvalue weighted by Gasteiger charge is 2.23. The Morgan fingerprint density at radius 1 is 1.15 bits per heavy atom. The van der Waals surface area contributed by atoms with E-state index in [1.165, 1.54) is 18.4 Å². The standard InChI is InChI=1S/C18H25NO/c1-14-4-8-16(9-5-14)10-13-18(20)19(3)17-11-6-15(2)7-12-17/h4-5,8-10,13,15,17H,6-7,11-12H2,1-3H3/b13-10+. The molecule has 1 saturated carbocycles. The average Bonchev–Trinajstić information content (AvgIpc) is 2.46. The van der Waals surface area contributed by atoms with Gasteiger partial charge in [0.25, 0.3) is 0 Å². The molecule has 0 bridgehead atoms. The molecule has 0 N–H and O–H groups in total. The first-order valence-corrected chi connectivity index (χ1v) is 7.58. The maximum atomic E-state index is 12.2. The SMILES string of the molecule is Cc1ccc(/C=C/C(=O)N(C)C2CCC(C)CC2)cc1. The average molecular weight is 271 g/mol. The number of carbonyl (C=O) groups excluding carboxylic acids is 1. The predicted octanol–water partition coefficient (Wildman–Crippen LogP) is 4.05. The third kappa shape index (κ3) is 3.96. The summed E-state index contributed by atoms with van der Waals surface area (Å²) in [4.78, 5) is 14.1. The van der Waals surface area contributed by atoms with Crippen LogP contribution in [0.25, 0.3) is 6.08 Å². The largest absolute Gasteiger partial charge is 0.339 e. The van der Waals surface area contributed by atoms with Gasteiger partial charge in [-0.25, -0.2) is 0 Å². The quantitative estimate of drug-likeness (QED) is 0.760. The Bertz CT molecular complexity index is 467. The van der Waals surface area contributed by atoms with Crippen LogP contribution in [0.1, 0.15) is 43.7 Å². The van der Waals surface area contributed by atoms with E-state index in [-0.39, 0.29) is 5.91 Å². The molecule has 1 fully saturated rings. The molecule has 0 atom stereocenters. The van der Waals surface area contributed by atoms with E-state index in [2.05, 4.69) is 26.0 Å². The fourth-order valence-corrected chi connectivity index (χ4v) is 2.77. The summed E-state index contributed by atoms with van der Waals surface area (Å²) in [5.41, 5.74) is 2.32. The van der Waals surface area contributed by atoms with Gasteiger partial charge in [0.05, 0.1) is 0 Å². The third-order valence-electron chi connectivity index (χ3n) is 4.38. The van der Waals surface area contributed by atoms with Crippen LogP contribution in [0.5, 0.6) is 0 Å². The maximum absolute atomic E-state index is 12.2. The molecule has 1 amide bonds. The normalized spacial score (nSPS) is 22.9. The topological polar surface area (TPSA) is 20.3 Å². The zero-order valence-corrected chi connectivity index (χ0v) is 12.8. The summed E-state index contributed by atoms with van der Waals surface area (Å²) in [6, 6.07) is 8.64. The van der Waals surface area contributed by atoms with Crippen molar-refractivity contribution in [3.05, 3.63) is 41.5 Å². The fraction of sp³-hybridized carbons (Fsp3) is 0.500. The van der Waals surface area contributed by atoms with Gasteiger partial charge in [0, 0.05) is 19.2 Å². The highest BCUT2D eigenvalue weighted by molar-refractivity contribution is 5.91. The molecule has 0 spiro atoms. The fourth-order valence-electron chi connectivity index (χ4n) is 2.77. The third-order valence-corrected chi connectivity index (χ3v) is 4.38. The predicted molar refractivity (Wildman–Crippen MR) is 84.4 cm³/mol. The molecule has 0 heterocycles. The molecule has 0 saturated heterocycles. The summed E-state index contributed by atoms with van der Waals surface area (Å²) < 4.78 is 0. The van der Waals surface area contributed by atoms with Crippen LogP contribution in [0.4, 0.5) is 0 Å². The van der Waals surface area contributed by atoms with Crippen LogP contribution in [0.3, 0.4) is 0 Å². The molecule has 1 aromatic rings. The molecule has 108 valence electrons. The highest BCUT2D eigenvalue weighted by atomic mass is 16.2. The highest BCUT2D eigenvalue weighted by Crippen LogP contribution is 2.26. The van der Waals surface area contributed by atoms with E-state index in [0.717, 1.165) is 24.3 Å². The van der Waals surface area contributed by atoms with Crippen molar-refractivity contribution in [3.63, 3.8) is 0 Å². The molecule has 0 radical (unpaired) electrons. The molecule has 0 aliphatic heterocycles. The van der Waals surface area contributed by atoms with Crippen molar-refractivity contribution in [2.75, 3.05) is 7.05 Å². The van der Waals surface area contributed by atoms with Crippen molar-refractivity contribution >= 4 is 12.0 Å². The second-order valence-electron chi connectivity index (χ2n) is 6.11. The molecule has 1 aromatic carbocycles. The van der Waals surface area contributed by atoms with Crippen molar-refractivity contribution < 1.29 is 4.79 Å². The van der Waals surface area contributed by atoms with E-state index in [1.807, 2.05) is 30.2 Å². The number of nitrogens with zero attached hydrogens (tertiary/aromatic N) is 1. The first kappa shape index (κ1) is 14.8. The number of benzene rings is 1. The Labute approximate surface area is 122 Å². The summed E-state index contributed by atoms with van der Waals surface area (Å²) >= 11 is 0. The first-order chi connectivity index (χ1) is 9.56. The first-order valence-electron chi connectivity index (χ1n) is 7.58. The second kappa shape index (κ2) is 6.74. The van der Waals surface area contributed by atoms with Crippen LogP contribution in [0.15, 0.2) is 30.3 Å². The van der Waals surface area contributed by atoms with Gasteiger partial charge >= 0.3 is 0 Å². The van der Waals surface area contributed by atoms with Gasteiger partial charge in [0.15, 0.2) is 0 Å². The molecule has 2 rings (SSSR count). The molecule has 2 heteroatoms. The van der Waals surface area contributed by atoms with Gasteiger partial charge in [-0.05, 0) is 50.2 Å². The van der Waals surface area contributed by atoms with Crippen molar-refractivity contribution in [3.8, 4) is 0 Å². The number of hydrogen-bond donors (Lipinski definition) is 0. The second-order valence-corrected chi connectivity index (χ2v) is 6.11. The zero-order valence-electron chi connectivity index (χ0n) is 12.8. The summed E-state index contributed by atoms with van der Waals surface area (Å²) in [5, 5.41) is 0. The monoisotopic (exact) mass is 271 g/mol. The number of rotatable bonds is 3. The van der Waals surface area contributed by atoms with E-state index >= 15 is 0 Å². The van der Waals surface area contributed by atoms with Crippen molar-refractivity contribution in [1.82, 2.24) is 4.90 Å². The van der Waals surface area contributed by atoms with Gasteiger partial charge in [0.1, 0.15) is 0 Å². The number of likely N-dealkylation sites (N-methyl/N-ethyl adjacent to an activating group) is 1. The lowest BCUT2D eigenvalue weighted by Crippen LogP contribution is -2.38. The molecule has 0 unspecified atom stereocenters. The molecular formula is C18H25NO. The minimum atomic E-state index is 0.116. The summed E-state index contributed by atoms with van der Waals surface area (Å²) in [5.74, 6) is 0.933. The number of carbonyl (C=O) groups is 1. The molecule has 20 heavy (non-hydrogen) atoms. The maximum Gasteiger partial charge on any atom is 0.246 e. The summed E-state index contributed by atoms with van der Waals surface area (Å²) in [6.07, 6.45) is 8.36. The summed E-state index contributed by atoms with van der Waals surface area (Å²) in [7, 11) is 1.93. The molecular weight excluding hydrogens is 246 g/mol. The zero-order chi connectivity index (χ0) is 14.5. The van der Waals surface area contributed by atoms with E-state index in [4.69, 9.17) is 0 Å². The molecule has 1 aliphatic carbocycles. The minimum Gasteiger partial charge on any atom is -0.339 e. The van der Waals surface area contributed by atoms with Gasteiger partial charge in [0.2, 0.25) is 5.91 Å². The van der Waals surface area contributed by atoms with Crippen LogP contribution in [0.2, 0.25) is 0 Å². The van der Waals surface area contributed by atoms with Gasteiger partial charge in [-0.3, -0.25) is 4.79 Å². The van der Waals surface area contributed by atoms with Crippen molar-refractivity contribution in [2.24, 2.45) is 5.92 Å². The molecule has 2 nitrogen and oxygen atoms in total. The van der Waals surface area contributed by atoms with Gasteiger partial charge in [-0.15, -0.1) is 0 Å². The van der Waals surface area contributed by atoms with Gasteiger partial charge in [-0.2, -0.15) is 0 Å². The number of aryl methyl sites for hydroxylation is 1. The smallest absolute Gasteiger partial charge is 0.246 e. The Balaban J connectivity index is 1.92. The van der Waals surface area contributed by atoms with Crippen molar-refractivity contribution in [2.45, 2.75) is 45.6 Å². The van der Waals surface area contributed by atoms with E-state index in [1.54, 1.807) is 6.08 Å². The van der Waals surface area contributed by atoms with Crippen LogP contribution in [-0.2, 0) is 4.79 Å². The Morgan fingerprint density at radius 3 is 2.35 bits per heavy atom. The Hall–Kier alpha value is -1.57. The Kier molecular flexibility index (Phi) is 4.99. The van der Waals surface area contributed by atoms with Crippen LogP contribution in [0, 0.1) is 12.8 Å². The lowest BCUT2D eigenvalue weighted by molar-refractivity contribution is -0.127. The van der Waals surface area contributed by atoms with E-state index in [9.17, 15) is 4.79 Å². The van der Waals surface area contributed by atoms with Gasteiger partial charge < -0.3 is 4.90 Å². The van der Waals surface area contributed by atoms with E-state index < -0.39 is 0 Å². The van der Waals surface area contributed by atoms with E-state index in [0.29, 0.717) is 6.04 Å². The molecule has 0 aromatic heterocycles. The van der Waals surface area contributed by atoms with Crippen molar-refractivity contribution in [1.29, 1.82) is 0 Å². The minimum absolute atomic E-state index is 0.116. The Morgan fingerprint density at radius 2 is 1.75 bits per heavy atom. The lowest BCUT2D eigenvalue weighted by Gasteiger charge is -2.33. The lowest BCUT2D eigenvalue weighted by atomic mass is 9.87.